The summed E-state index contributed by atoms with van der Waals surface area (Å²) in [4.78, 5) is 13.5. The predicted molar refractivity (Wildman–Crippen MR) is 73.9 cm³/mol. The number of amides is 1. The van der Waals surface area contributed by atoms with Gasteiger partial charge in [-0.1, -0.05) is 0 Å². The van der Waals surface area contributed by atoms with Crippen LogP contribution in [0.5, 0.6) is 0 Å². The number of likely N-dealkylation sites (N-methyl/N-ethyl adjacent to an activating group) is 1. The molecule has 0 unspecified atom stereocenters. The summed E-state index contributed by atoms with van der Waals surface area (Å²) in [5.74, 6) is -0.361. The minimum absolute atomic E-state index is 0.0871. The first-order valence-corrected chi connectivity index (χ1v) is 6.18. The zero-order valence-electron chi connectivity index (χ0n) is 11.8. The smallest absolute Gasteiger partial charge is 0.397 e. The van der Waals surface area contributed by atoms with Gasteiger partial charge in [0.2, 0.25) is 5.91 Å². The summed E-state index contributed by atoms with van der Waals surface area (Å²) in [7, 11) is 3.28. The third-order valence-electron chi connectivity index (χ3n) is 2.74. The van der Waals surface area contributed by atoms with Gasteiger partial charge in [0.1, 0.15) is 0 Å². The first kappa shape index (κ1) is 17.3. The lowest BCUT2D eigenvalue weighted by Crippen LogP contribution is -2.32. The molecule has 1 rings (SSSR count). The van der Waals surface area contributed by atoms with Crippen molar-refractivity contribution >= 4 is 17.3 Å². The second-order valence-corrected chi connectivity index (χ2v) is 4.58. The summed E-state index contributed by atoms with van der Waals surface area (Å²) in [5, 5.41) is 2.48. The topological polar surface area (TPSA) is 67.6 Å². The van der Waals surface area contributed by atoms with E-state index in [9.17, 15) is 18.0 Å². The van der Waals surface area contributed by atoms with Crippen LogP contribution in [0.15, 0.2) is 18.2 Å². The zero-order chi connectivity index (χ0) is 16.0. The Labute approximate surface area is 120 Å². The van der Waals surface area contributed by atoms with E-state index in [2.05, 4.69) is 5.32 Å². The molecular formula is C13H18F3N3O2. The molecule has 8 heteroatoms. The third kappa shape index (κ3) is 5.60. The van der Waals surface area contributed by atoms with E-state index in [0.29, 0.717) is 13.2 Å². The summed E-state index contributed by atoms with van der Waals surface area (Å²) in [6.07, 6.45) is -4.46. The van der Waals surface area contributed by atoms with Crippen LogP contribution < -0.4 is 11.1 Å². The fraction of sp³-hybridized carbons (Fsp3) is 0.462. The first-order valence-electron chi connectivity index (χ1n) is 6.18. The van der Waals surface area contributed by atoms with Crippen molar-refractivity contribution in [3.63, 3.8) is 0 Å². The highest BCUT2D eigenvalue weighted by atomic mass is 19.4. The number of benzene rings is 1. The van der Waals surface area contributed by atoms with Crippen LogP contribution in [0.1, 0.15) is 5.56 Å². The quantitative estimate of drug-likeness (QED) is 0.787. The van der Waals surface area contributed by atoms with Gasteiger partial charge in [0.15, 0.2) is 0 Å². The number of hydrogen-bond acceptors (Lipinski definition) is 4. The number of halogens is 3. The van der Waals surface area contributed by atoms with E-state index in [4.69, 9.17) is 10.5 Å². The molecule has 1 aromatic rings. The van der Waals surface area contributed by atoms with Crippen molar-refractivity contribution < 1.29 is 22.7 Å². The van der Waals surface area contributed by atoms with Crippen LogP contribution >= 0.6 is 0 Å². The Kier molecular flexibility index (Phi) is 5.98. The molecule has 0 spiro atoms. The van der Waals surface area contributed by atoms with E-state index in [0.717, 1.165) is 18.2 Å². The van der Waals surface area contributed by atoms with Crippen molar-refractivity contribution in [2.24, 2.45) is 0 Å². The van der Waals surface area contributed by atoms with Crippen LogP contribution in [0, 0.1) is 0 Å². The number of hydrogen-bond donors (Lipinski definition) is 2. The van der Waals surface area contributed by atoms with Gasteiger partial charge >= 0.3 is 6.18 Å². The number of nitrogen functional groups attached to an aromatic ring is 1. The molecule has 0 aliphatic rings. The van der Waals surface area contributed by atoms with Crippen molar-refractivity contribution in [1.82, 2.24) is 4.90 Å². The van der Waals surface area contributed by atoms with Crippen molar-refractivity contribution in [2.45, 2.75) is 6.18 Å². The highest BCUT2D eigenvalue weighted by Crippen LogP contribution is 2.32. The number of nitrogens with zero attached hydrogens (tertiary/aromatic N) is 1. The molecule has 1 amide bonds. The molecule has 0 radical (unpaired) electrons. The molecule has 0 saturated carbocycles. The average Bonchev–Trinajstić information content (AvgIpc) is 2.37. The Morgan fingerprint density at radius 1 is 1.43 bits per heavy atom. The summed E-state index contributed by atoms with van der Waals surface area (Å²) in [5.41, 5.74) is 4.71. The highest BCUT2D eigenvalue weighted by molar-refractivity contribution is 5.95. The van der Waals surface area contributed by atoms with Crippen molar-refractivity contribution in [1.29, 1.82) is 0 Å². The number of ether oxygens (including phenoxy) is 1. The number of methoxy groups -OCH3 is 1. The fourth-order valence-corrected chi connectivity index (χ4v) is 1.61. The average molecular weight is 305 g/mol. The molecule has 3 N–H and O–H groups in total. The van der Waals surface area contributed by atoms with E-state index in [-0.39, 0.29) is 23.8 Å². The Morgan fingerprint density at radius 2 is 2.10 bits per heavy atom. The largest absolute Gasteiger partial charge is 0.416 e. The molecule has 0 fully saturated rings. The Bertz CT molecular complexity index is 492. The van der Waals surface area contributed by atoms with E-state index in [1.54, 1.807) is 19.1 Å². The van der Waals surface area contributed by atoms with Crippen LogP contribution in [0.4, 0.5) is 24.5 Å². The normalized spacial score (nSPS) is 11.7. The third-order valence-corrected chi connectivity index (χ3v) is 2.74. The van der Waals surface area contributed by atoms with Gasteiger partial charge in [-0.2, -0.15) is 13.2 Å². The number of alkyl halides is 3. The van der Waals surface area contributed by atoms with Gasteiger partial charge in [-0.05, 0) is 25.2 Å². The molecule has 21 heavy (non-hydrogen) atoms. The number of anilines is 2. The molecule has 0 saturated heterocycles. The number of rotatable bonds is 6. The minimum Gasteiger partial charge on any atom is -0.397 e. The summed E-state index contributed by atoms with van der Waals surface area (Å²) in [6, 6.07) is 2.82. The van der Waals surface area contributed by atoms with Crippen LogP contribution in [-0.2, 0) is 15.7 Å². The molecule has 0 aliphatic heterocycles. The Morgan fingerprint density at radius 3 is 2.62 bits per heavy atom. The number of carbonyl (C=O) groups excluding carboxylic acids is 1. The van der Waals surface area contributed by atoms with E-state index in [1.807, 2.05) is 0 Å². The molecule has 118 valence electrons. The van der Waals surface area contributed by atoms with Crippen LogP contribution in [0.3, 0.4) is 0 Å². The SMILES string of the molecule is COCCN(C)CC(=O)Nc1ccc(C(F)(F)F)cc1N. The van der Waals surface area contributed by atoms with E-state index < -0.39 is 11.7 Å². The maximum atomic E-state index is 12.5. The van der Waals surface area contributed by atoms with Gasteiger partial charge in [0.25, 0.3) is 0 Å². The highest BCUT2D eigenvalue weighted by Gasteiger charge is 2.30. The molecule has 0 bridgehead atoms. The Hall–Kier alpha value is -1.80. The van der Waals surface area contributed by atoms with Gasteiger partial charge in [0, 0.05) is 13.7 Å². The molecule has 1 aromatic carbocycles. The van der Waals surface area contributed by atoms with Crippen LogP contribution in [0.2, 0.25) is 0 Å². The number of nitrogens with two attached hydrogens (primary N) is 1. The summed E-state index contributed by atoms with van der Waals surface area (Å²) >= 11 is 0. The number of carbonyl (C=O) groups is 1. The minimum atomic E-state index is -4.46. The van der Waals surface area contributed by atoms with Gasteiger partial charge < -0.3 is 15.8 Å². The standard InChI is InChI=1S/C13H18F3N3O2/c1-19(5-6-21-2)8-12(20)18-11-4-3-9(7-10(11)17)13(14,15)16/h3-4,7H,5-6,8,17H2,1-2H3,(H,18,20). The van der Waals surface area contributed by atoms with Gasteiger partial charge in [-0.15, -0.1) is 0 Å². The molecule has 0 atom stereocenters. The lowest BCUT2D eigenvalue weighted by atomic mass is 10.1. The Balaban J connectivity index is 2.65. The zero-order valence-corrected chi connectivity index (χ0v) is 11.8. The number of nitrogens with one attached hydrogen (secondary N) is 1. The fourth-order valence-electron chi connectivity index (χ4n) is 1.61. The van der Waals surface area contributed by atoms with E-state index >= 15 is 0 Å². The lowest BCUT2D eigenvalue weighted by Gasteiger charge is -2.16. The van der Waals surface area contributed by atoms with Crippen LogP contribution in [0.25, 0.3) is 0 Å². The van der Waals surface area contributed by atoms with Gasteiger partial charge in [0.05, 0.1) is 30.1 Å². The summed E-state index contributed by atoms with van der Waals surface area (Å²) in [6.45, 7) is 1.13. The maximum absolute atomic E-state index is 12.5. The molecule has 5 nitrogen and oxygen atoms in total. The van der Waals surface area contributed by atoms with Crippen molar-refractivity contribution in [3.8, 4) is 0 Å². The van der Waals surface area contributed by atoms with Gasteiger partial charge in [-0.3, -0.25) is 9.69 Å². The molecule has 0 aliphatic carbocycles. The first-order chi connectivity index (χ1) is 9.74. The second-order valence-electron chi connectivity index (χ2n) is 4.58. The predicted octanol–water partition coefficient (Wildman–Crippen LogP) is 1.80. The van der Waals surface area contributed by atoms with E-state index in [1.165, 1.54) is 0 Å². The molecular weight excluding hydrogens is 287 g/mol. The van der Waals surface area contributed by atoms with Crippen LogP contribution in [-0.4, -0.2) is 44.7 Å². The monoisotopic (exact) mass is 305 g/mol. The van der Waals surface area contributed by atoms with Crippen molar-refractivity contribution in [3.05, 3.63) is 23.8 Å². The summed E-state index contributed by atoms with van der Waals surface area (Å²) < 4.78 is 42.3. The molecule has 0 heterocycles. The van der Waals surface area contributed by atoms with Crippen molar-refractivity contribution in [2.75, 3.05) is 44.9 Å². The molecule has 0 aromatic heterocycles. The van der Waals surface area contributed by atoms with Gasteiger partial charge in [-0.25, -0.2) is 0 Å². The maximum Gasteiger partial charge on any atom is 0.416 e. The lowest BCUT2D eigenvalue weighted by molar-refractivity contribution is -0.137. The second kappa shape index (κ2) is 7.28.